The van der Waals surface area contributed by atoms with E-state index < -0.39 is 0 Å². The number of carbonyl (C=O) groups is 1. The Hall–Kier alpha value is -2.20. The van der Waals surface area contributed by atoms with Crippen LogP contribution in [0.3, 0.4) is 0 Å². The summed E-state index contributed by atoms with van der Waals surface area (Å²) < 4.78 is 14.2. The molecule has 0 aliphatic carbocycles. The predicted molar refractivity (Wildman–Crippen MR) is 95.0 cm³/mol. The van der Waals surface area contributed by atoms with Gasteiger partial charge >= 0.3 is 0 Å². The monoisotopic (exact) mass is 326 g/mol. The van der Waals surface area contributed by atoms with Crippen LogP contribution in [0.4, 0.5) is 10.1 Å². The maximum Gasteiger partial charge on any atom is 0.211 e. The van der Waals surface area contributed by atoms with Crippen LogP contribution in [0.2, 0.25) is 0 Å². The molecule has 24 heavy (non-hydrogen) atoms. The Bertz CT molecular complexity index is 759. The Labute approximate surface area is 142 Å². The molecule has 1 amide bonds. The summed E-state index contributed by atoms with van der Waals surface area (Å²) in [6, 6.07) is 11.8. The quantitative estimate of drug-likeness (QED) is 0.866. The van der Waals surface area contributed by atoms with Crippen molar-refractivity contribution in [2.75, 3.05) is 25.5 Å². The van der Waals surface area contributed by atoms with E-state index in [1.807, 2.05) is 0 Å². The van der Waals surface area contributed by atoms with Crippen LogP contribution in [0.25, 0.3) is 0 Å². The van der Waals surface area contributed by atoms with Gasteiger partial charge in [-0.1, -0.05) is 29.8 Å². The number of aryl methyl sites for hydroxylation is 2. The highest BCUT2D eigenvalue weighted by Crippen LogP contribution is 2.42. The number of nitrogens with zero attached hydrogens (tertiary/aromatic N) is 1. The highest BCUT2D eigenvalue weighted by atomic mass is 19.1. The highest BCUT2D eigenvalue weighted by molar-refractivity contribution is 5.74. The molecule has 0 saturated carbocycles. The zero-order valence-corrected chi connectivity index (χ0v) is 14.3. The van der Waals surface area contributed by atoms with Gasteiger partial charge < -0.3 is 10.2 Å². The van der Waals surface area contributed by atoms with E-state index in [1.165, 1.54) is 11.1 Å². The molecule has 1 heterocycles. The molecule has 1 N–H and O–H groups in total. The maximum absolute atomic E-state index is 14.2. The van der Waals surface area contributed by atoms with E-state index in [2.05, 4.69) is 48.5 Å². The fourth-order valence-corrected chi connectivity index (χ4v) is 3.75. The molecule has 0 spiro atoms. The van der Waals surface area contributed by atoms with Crippen LogP contribution in [0, 0.1) is 19.7 Å². The van der Waals surface area contributed by atoms with Crippen LogP contribution >= 0.6 is 0 Å². The fraction of sp³-hybridized carbons (Fsp3) is 0.350. The van der Waals surface area contributed by atoms with E-state index in [1.54, 1.807) is 19.1 Å². The summed E-state index contributed by atoms with van der Waals surface area (Å²) in [6.45, 7) is 5.56. The van der Waals surface area contributed by atoms with Gasteiger partial charge in [-0.2, -0.15) is 0 Å². The molecule has 2 unspecified atom stereocenters. The molecule has 1 fully saturated rings. The number of halogens is 1. The molecule has 2 atom stereocenters. The van der Waals surface area contributed by atoms with E-state index in [0.717, 1.165) is 18.7 Å². The Morgan fingerprint density at radius 3 is 2.62 bits per heavy atom. The Kier molecular flexibility index (Phi) is 4.67. The van der Waals surface area contributed by atoms with Gasteiger partial charge in [0.05, 0.1) is 0 Å². The molecule has 1 aliphatic heterocycles. The van der Waals surface area contributed by atoms with Gasteiger partial charge in [0.25, 0.3) is 0 Å². The van der Waals surface area contributed by atoms with Crippen molar-refractivity contribution in [3.8, 4) is 0 Å². The van der Waals surface area contributed by atoms with Crippen molar-refractivity contribution in [3.05, 3.63) is 64.5 Å². The minimum Gasteiger partial charge on any atom is -0.328 e. The molecule has 0 radical (unpaired) electrons. The van der Waals surface area contributed by atoms with E-state index in [9.17, 15) is 9.18 Å². The average molecular weight is 326 g/mol. The van der Waals surface area contributed by atoms with Crippen molar-refractivity contribution >= 4 is 12.1 Å². The third-order valence-corrected chi connectivity index (χ3v) is 4.92. The van der Waals surface area contributed by atoms with Gasteiger partial charge in [0.15, 0.2) is 0 Å². The number of likely N-dealkylation sites (N-methyl/N-ethyl adjacent to an activating group) is 1. The number of amides is 1. The van der Waals surface area contributed by atoms with Crippen LogP contribution in [0.5, 0.6) is 0 Å². The molecule has 2 aromatic carbocycles. The average Bonchev–Trinajstić information content (AvgIpc) is 2.93. The standard InChI is InChI=1S/C20H23FN2O/c1-13-5-4-6-15(7-13)17-10-23(3)11-18(17)16-9-19(21)14(2)8-20(16)22-12-24/h4-9,12,17-18H,10-11H2,1-3H3,(H,22,24). The summed E-state index contributed by atoms with van der Waals surface area (Å²) in [5, 5.41) is 2.75. The lowest BCUT2D eigenvalue weighted by atomic mass is 9.82. The van der Waals surface area contributed by atoms with Crippen molar-refractivity contribution in [1.82, 2.24) is 4.90 Å². The minimum atomic E-state index is -0.223. The lowest BCUT2D eigenvalue weighted by Crippen LogP contribution is -2.14. The van der Waals surface area contributed by atoms with Gasteiger partial charge in [-0.3, -0.25) is 4.79 Å². The van der Waals surface area contributed by atoms with Crippen molar-refractivity contribution in [2.45, 2.75) is 25.7 Å². The van der Waals surface area contributed by atoms with Crippen molar-refractivity contribution in [2.24, 2.45) is 0 Å². The van der Waals surface area contributed by atoms with Crippen LogP contribution in [-0.4, -0.2) is 31.4 Å². The van der Waals surface area contributed by atoms with Crippen LogP contribution in [-0.2, 0) is 4.79 Å². The third kappa shape index (κ3) is 3.20. The van der Waals surface area contributed by atoms with Crippen LogP contribution < -0.4 is 5.32 Å². The van der Waals surface area contributed by atoms with Gasteiger partial charge in [0.1, 0.15) is 5.82 Å². The summed E-state index contributed by atoms with van der Waals surface area (Å²) in [6.07, 6.45) is 0.663. The van der Waals surface area contributed by atoms with E-state index in [0.29, 0.717) is 17.7 Å². The second-order valence-corrected chi connectivity index (χ2v) is 6.80. The number of anilines is 1. The zero-order chi connectivity index (χ0) is 17.3. The summed E-state index contributed by atoms with van der Waals surface area (Å²) in [5.41, 5.74) is 4.62. The summed E-state index contributed by atoms with van der Waals surface area (Å²) in [5.74, 6) is 0.206. The van der Waals surface area contributed by atoms with E-state index >= 15 is 0 Å². The lowest BCUT2D eigenvalue weighted by molar-refractivity contribution is -0.105. The second-order valence-electron chi connectivity index (χ2n) is 6.80. The Balaban J connectivity index is 2.06. The number of hydrogen-bond donors (Lipinski definition) is 1. The first-order chi connectivity index (χ1) is 11.5. The zero-order valence-electron chi connectivity index (χ0n) is 14.3. The fourth-order valence-electron chi connectivity index (χ4n) is 3.75. The van der Waals surface area contributed by atoms with Gasteiger partial charge in [0, 0.05) is 30.6 Å². The molecule has 4 heteroatoms. The first-order valence-electron chi connectivity index (χ1n) is 8.25. The topological polar surface area (TPSA) is 32.3 Å². The Morgan fingerprint density at radius 1 is 1.17 bits per heavy atom. The molecular formula is C20H23FN2O. The highest BCUT2D eigenvalue weighted by Gasteiger charge is 2.34. The largest absolute Gasteiger partial charge is 0.328 e. The van der Waals surface area contributed by atoms with Gasteiger partial charge in [0.2, 0.25) is 6.41 Å². The number of hydrogen-bond acceptors (Lipinski definition) is 2. The van der Waals surface area contributed by atoms with Gasteiger partial charge in [-0.15, -0.1) is 0 Å². The molecule has 0 aromatic heterocycles. The van der Waals surface area contributed by atoms with Gasteiger partial charge in [-0.25, -0.2) is 4.39 Å². The molecule has 126 valence electrons. The second kappa shape index (κ2) is 6.73. The minimum absolute atomic E-state index is 0.148. The summed E-state index contributed by atoms with van der Waals surface area (Å²) in [7, 11) is 2.08. The first-order valence-corrected chi connectivity index (χ1v) is 8.25. The van der Waals surface area contributed by atoms with E-state index in [-0.39, 0.29) is 17.7 Å². The summed E-state index contributed by atoms with van der Waals surface area (Å²) in [4.78, 5) is 13.2. The lowest BCUT2D eigenvalue weighted by Gasteiger charge is -2.23. The van der Waals surface area contributed by atoms with Crippen molar-refractivity contribution in [3.63, 3.8) is 0 Å². The normalized spacial score (nSPS) is 21.0. The smallest absolute Gasteiger partial charge is 0.211 e. The van der Waals surface area contributed by atoms with Crippen molar-refractivity contribution in [1.29, 1.82) is 0 Å². The van der Waals surface area contributed by atoms with Crippen LogP contribution in [0.1, 0.15) is 34.1 Å². The Morgan fingerprint density at radius 2 is 1.92 bits per heavy atom. The molecule has 2 aromatic rings. The molecule has 3 rings (SSSR count). The number of carbonyl (C=O) groups excluding carboxylic acids is 1. The molecule has 0 bridgehead atoms. The summed E-state index contributed by atoms with van der Waals surface area (Å²) >= 11 is 0. The maximum atomic E-state index is 14.2. The number of rotatable bonds is 4. The van der Waals surface area contributed by atoms with E-state index in [4.69, 9.17) is 0 Å². The SMILES string of the molecule is Cc1cccc(C2CN(C)CC2c2cc(F)c(C)cc2NC=O)c1. The number of benzene rings is 2. The predicted octanol–water partition coefficient (Wildman–Crippen LogP) is 3.82. The number of likely N-dealkylation sites (tertiary alicyclic amines) is 1. The number of nitrogens with one attached hydrogen (secondary N) is 1. The molecule has 3 nitrogen and oxygen atoms in total. The molecular weight excluding hydrogens is 303 g/mol. The molecule has 1 saturated heterocycles. The van der Waals surface area contributed by atoms with Gasteiger partial charge in [-0.05, 0) is 49.7 Å². The van der Waals surface area contributed by atoms with Crippen LogP contribution in [0.15, 0.2) is 36.4 Å². The molecule has 1 aliphatic rings. The first kappa shape index (κ1) is 16.7. The van der Waals surface area contributed by atoms with Crippen molar-refractivity contribution < 1.29 is 9.18 Å². The third-order valence-electron chi connectivity index (χ3n) is 4.92.